The maximum absolute atomic E-state index is 14.0. The second-order valence-electron chi connectivity index (χ2n) is 11.6. The summed E-state index contributed by atoms with van der Waals surface area (Å²) in [4.78, 5) is 51.7. The van der Waals surface area contributed by atoms with Gasteiger partial charge in [0, 0.05) is 37.5 Å². The number of hydrogen-bond donors (Lipinski definition) is 5. The number of nitrogens with zero attached hydrogens (tertiary/aromatic N) is 1. The Morgan fingerprint density at radius 2 is 1.66 bits per heavy atom. The first-order valence-corrected chi connectivity index (χ1v) is 14.5. The highest BCUT2D eigenvalue weighted by Crippen LogP contribution is 2.22. The third-order valence-electron chi connectivity index (χ3n) is 7.52. The van der Waals surface area contributed by atoms with Crippen molar-refractivity contribution in [3.63, 3.8) is 0 Å². The van der Waals surface area contributed by atoms with E-state index in [4.69, 9.17) is 5.73 Å². The van der Waals surface area contributed by atoms with Gasteiger partial charge >= 0.3 is 11.9 Å². The maximum Gasteiger partial charge on any atom is 0.326 e. The minimum atomic E-state index is -1.35. The number of likely N-dealkylation sites (tertiary alicyclic amines) is 1. The van der Waals surface area contributed by atoms with Crippen LogP contribution in [0.1, 0.15) is 50.7 Å². The molecule has 1 heterocycles. The average molecular weight is 621 g/mol. The monoisotopic (exact) mass is 620 g/mol. The molecule has 0 bridgehead atoms. The van der Waals surface area contributed by atoms with E-state index >= 15 is 0 Å². The van der Waals surface area contributed by atoms with Crippen LogP contribution in [0.3, 0.4) is 0 Å². The number of aryl methyl sites for hydroxylation is 1. The number of aliphatic carboxylic acids is 2. The van der Waals surface area contributed by atoms with Crippen LogP contribution in [0.4, 0.5) is 13.2 Å². The molecule has 5 atom stereocenters. The van der Waals surface area contributed by atoms with E-state index in [-0.39, 0.29) is 50.1 Å². The summed E-state index contributed by atoms with van der Waals surface area (Å²) in [6, 6.07) is 5.37. The van der Waals surface area contributed by atoms with Gasteiger partial charge in [-0.1, -0.05) is 44.2 Å². The second kappa shape index (κ2) is 15.7. The van der Waals surface area contributed by atoms with Gasteiger partial charge in [0.25, 0.3) is 0 Å². The lowest BCUT2D eigenvalue weighted by molar-refractivity contribution is -0.150. The Balaban J connectivity index is 1.66. The van der Waals surface area contributed by atoms with Crippen molar-refractivity contribution >= 4 is 23.8 Å². The number of amides is 2. The van der Waals surface area contributed by atoms with E-state index in [1.54, 1.807) is 0 Å². The third kappa shape index (κ3) is 9.78. The summed E-state index contributed by atoms with van der Waals surface area (Å²) in [5.41, 5.74) is 6.69. The molecule has 0 spiro atoms. The van der Waals surface area contributed by atoms with Crippen molar-refractivity contribution in [1.29, 1.82) is 0 Å². The lowest BCUT2D eigenvalue weighted by Crippen LogP contribution is -2.55. The van der Waals surface area contributed by atoms with Gasteiger partial charge in [-0.05, 0) is 48.8 Å². The summed E-state index contributed by atoms with van der Waals surface area (Å²) in [7, 11) is 0. The van der Waals surface area contributed by atoms with Crippen LogP contribution < -0.4 is 16.4 Å². The Kier molecular flexibility index (Phi) is 12.3. The molecular weight excluding hydrogens is 581 g/mol. The Bertz CT molecular complexity index is 1330. The van der Waals surface area contributed by atoms with Gasteiger partial charge in [-0.2, -0.15) is 0 Å². The molecule has 6 N–H and O–H groups in total. The van der Waals surface area contributed by atoms with Crippen molar-refractivity contribution in [2.45, 2.75) is 82.6 Å². The Hall–Kier alpha value is -3.97. The molecular formula is C31H39F3N4O6. The van der Waals surface area contributed by atoms with Crippen LogP contribution in [0, 0.1) is 23.4 Å². The van der Waals surface area contributed by atoms with Gasteiger partial charge < -0.3 is 26.2 Å². The molecule has 2 aromatic carbocycles. The zero-order valence-corrected chi connectivity index (χ0v) is 24.6. The van der Waals surface area contributed by atoms with E-state index < -0.39 is 71.4 Å². The number of rotatable bonds is 15. The number of carbonyl (C=O) groups is 4. The zero-order chi connectivity index (χ0) is 32.6. The fraction of sp³-hybridized carbons (Fsp3) is 0.484. The zero-order valence-electron chi connectivity index (χ0n) is 24.6. The third-order valence-corrected chi connectivity index (χ3v) is 7.52. The van der Waals surface area contributed by atoms with Gasteiger partial charge in [-0.25, -0.2) is 18.0 Å². The number of hydrogen-bond acceptors (Lipinski definition) is 6. The minimum Gasteiger partial charge on any atom is -0.480 e. The quantitative estimate of drug-likeness (QED) is 0.190. The number of carboxylic acid groups (broad SMARTS) is 2. The molecule has 0 radical (unpaired) electrons. The smallest absolute Gasteiger partial charge is 0.326 e. The Labute approximate surface area is 253 Å². The van der Waals surface area contributed by atoms with E-state index in [0.29, 0.717) is 18.6 Å². The summed E-state index contributed by atoms with van der Waals surface area (Å²) in [6.45, 7) is 3.59. The fourth-order valence-electron chi connectivity index (χ4n) is 5.41. The highest BCUT2D eigenvalue weighted by Gasteiger charge is 2.43. The average Bonchev–Trinajstić information content (AvgIpc) is 3.37. The van der Waals surface area contributed by atoms with Gasteiger partial charge in [0.2, 0.25) is 11.8 Å². The first-order chi connectivity index (χ1) is 20.7. The molecule has 10 nitrogen and oxygen atoms in total. The summed E-state index contributed by atoms with van der Waals surface area (Å²) in [5, 5.41) is 25.3. The molecule has 1 fully saturated rings. The largest absolute Gasteiger partial charge is 0.480 e. The summed E-state index contributed by atoms with van der Waals surface area (Å²) < 4.78 is 40.7. The molecule has 2 amide bonds. The summed E-state index contributed by atoms with van der Waals surface area (Å²) in [6.07, 6.45) is 0.250. The van der Waals surface area contributed by atoms with E-state index in [0.717, 1.165) is 10.5 Å². The molecule has 0 unspecified atom stereocenters. The van der Waals surface area contributed by atoms with Crippen molar-refractivity contribution in [1.82, 2.24) is 15.5 Å². The number of nitrogens with one attached hydrogen (secondary N) is 2. The van der Waals surface area contributed by atoms with Crippen LogP contribution in [-0.4, -0.2) is 75.6 Å². The van der Waals surface area contributed by atoms with Gasteiger partial charge in [0.05, 0.1) is 6.04 Å². The maximum atomic E-state index is 14.0. The van der Waals surface area contributed by atoms with Crippen molar-refractivity contribution in [2.24, 2.45) is 11.7 Å². The molecule has 2 aromatic rings. The molecule has 0 saturated carbocycles. The van der Waals surface area contributed by atoms with E-state index in [1.165, 1.54) is 0 Å². The molecule has 1 aliphatic rings. The van der Waals surface area contributed by atoms with Crippen LogP contribution in [0.5, 0.6) is 0 Å². The highest BCUT2D eigenvalue weighted by molar-refractivity contribution is 5.89. The van der Waals surface area contributed by atoms with Crippen LogP contribution in [-0.2, 0) is 32.0 Å². The van der Waals surface area contributed by atoms with E-state index in [9.17, 15) is 42.6 Å². The number of carboxylic acids is 2. The van der Waals surface area contributed by atoms with Gasteiger partial charge in [-0.15, -0.1) is 0 Å². The molecule has 1 saturated heterocycles. The van der Waals surface area contributed by atoms with Crippen LogP contribution in [0.2, 0.25) is 0 Å². The molecule has 0 aliphatic carbocycles. The first kappa shape index (κ1) is 34.5. The second-order valence-corrected chi connectivity index (χ2v) is 11.6. The van der Waals surface area contributed by atoms with Crippen LogP contribution in [0.15, 0.2) is 42.5 Å². The van der Waals surface area contributed by atoms with Gasteiger partial charge in [-0.3, -0.25) is 19.7 Å². The molecule has 0 aromatic heterocycles. The van der Waals surface area contributed by atoms with Crippen molar-refractivity contribution in [2.75, 3.05) is 6.54 Å². The van der Waals surface area contributed by atoms with Gasteiger partial charge in [0.15, 0.2) is 11.6 Å². The number of nitrogens with two attached hydrogens (primary N) is 1. The van der Waals surface area contributed by atoms with Crippen LogP contribution >= 0.6 is 0 Å². The van der Waals surface area contributed by atoms with Crippen molar-refractivity contribution < 1.29 is 42.6 Å². The lowest BCUT2D eigenvalue weighted by atomic mass is 9.99. The highest BCUT2D eigenvalue weighted by atomic mass is 19.2. The number of carbonyl (C=O) groups excluding carboxylic acids is 2. The molecule has 240 valence electrons. The Morgan fingerprint density at radius 1 is 1.00 bits per heavy atom. The normalized spacial score (nSPS) is 18.6. The van der Waals surface area contributed by atoms with E-state index in [2.05, 4.69) is 10.6 Å². The lowest BCUT2D eigenvalue weighted by Gasteiger charge is -2.30. The van der Waals surface area contributed by atoms with Gasteiger partial charge in [0.1, 0.15) is 17.9 Å². The van der Waals surface area contributed by atoms with Crippen LogP contribution in [0.25, 0.3) is 0 Å². The summed E-state index contributed by atoms with van der Waals surface area (Å²) >= 11 is 0. The summed E-state index contributed by atoms with van der Waals surface area (Å²) in [5.74, 6) is -7.20. The molecule has 3 rings (SSSR count). The fourth-order valence-corrected chi connectivity index (χ4v) is 5.41. The Morgan fingerprint density at radius 3 is 2.27 bits per heavy atom. The first-order valence-electron chi connectivity index (χ1n) is 14.5. The van der Waals surface area contributed by atoms with Crippen molar-refractivity contribution in [3.8, 4) is 0 Å². The predicted octanol–water partition coefficient (Wildman–Crippen LogP) is 2.62. The topological polar surface area (TPSA) is 162 Å². The number of halogens is 3. The molecule has 13 heteroatoms. The molecule has 44 heavy (non-hydrogen) atoms. The van der Waals surface area contributed by atoms with E-state index in [1.807, 2.05) is 44.2 Å². The number of benzene rings is 2. The minimum absolute atomic E-state index is 0.0256. The SMILES string of the molecule is CC(C)C[C@H](N[C@@H](CCc1ccccc1)C(=O)O)C(=O)N1C[C@@H](NC(=O)C[C@H](N)Cc2cc(F)c(F)cc2F)C[C@H]1C(=O)O. The van der Waals surface area contributed by atoms with Crippen molar-refractivity contribution in [3.05, 3.63) is 71.0 Å². The standard InChI is InChI=1S/C31H39F3N4O6/c1-17(2)10-26(37-25(30(41)42)9-8-18-6-4-3-5-7-18)29(40)38-16-21(14-27(38)31(43)44)36-28(39)13-20(35)11-19-12-23(33)24(34)15-22(19)32/h3-7,12,15,17,20-21,25-27,37H,8-11,13-14,16,35H2,1-2H3,(H,36,39)(H,41,42)(H,43,44)/t20-,21+,25+,26+,27+/m1/s1. The molecule has 1 aliphatic heterocycles. The predicted molar refractivity (Wildman–Crippen MR) is 155 cm³/mol.